The first-order valence-electron chi connectivity index (χ1n) is 3.29. The molecule has 5 nitrogen and oxygen atoms in total. The molecule has 0 spiro atoms. The molecule has 0 aromatic heterocycles. The van der Waals surface area contributed by atoms with Gasteiger partial charge in [0.15, 0.2) is 0 Å². The summed E-state index contributed by atoms with van der Waals surface area (Å²) in [6.45, 7) is -0.0445. The number of benzene rings is 1. The predicted molar refractivity (Wildman–Crippen MR) is 41.9 cm³/mol. The molecule has 0 saturated heterocycles. The van der Waals surface area contributed by atoms with Crippen molar-refractivity contribution in [3.63, 3.8) is 0 Å². The van der Waals surface area contributed by atoms with Crippen LogP contribution < -0.4 is 12.4 Å². The van der Waals surface area contributed by atoms with Gasteiger partial charge in [-0.2, -0.15) is 0 Å². The van der Waals surface area contributed by atoms with Crippen LogP contribution in [0.15, 0.2) is 24.3 Å². The van der Waals surface area contributed by atoms with Crippen LogP contribution in [-0.4, -0.2) is 4.92 Å². The number of nitro benzene ring substituents is 1. The molecule has 0 aliphatic carbocycles. The van der Waals surface area contributed by atoms with Crippen LogP contribution in [0.3, 0.4) is 0 Å². The second kappa shape index (κ2) is 5.06. The molecular weight excluding hydrogens is 194 g/mol. The molecule has 0 saturated carbocycles. The maximum absolute atomic E-state index is 10.4. The molecule has 0 aliphatic rings. The number of nitro groups is 1. The van der Waals surface area contributed by atoms with E-state index < -0.39 is 4.92 Å². The lowest BCUT2D eigenvalue weighted by Crippen LogP contribution is -3.00. The standard InChI is InChI=1S/C7H6N3O2.ClH/c8-9-5-6-3-1-2-4-7(6)10(11)12;/h1-4H,5H2;1H/q+1;/p-1. The number of halogens is 1. The average molecular weight is 200 g/mol. The van der Waals surface area contributed by atoms with Crippen LogP contribution in [0, 0.1) is 15.5 Å². The van der Waals surface area contributed by atoms with E-state index in [1.54, 1.807) is 18.2 Å². The average Bonchev–Trinajstić information content (AvgIpc) is 2.05. The summed E-state index contributed by atoms with van der Waals surface area (Å²) >= 11 is 0. The van der Waals surface area contributed by atoms with E-state index in [0.717, 1.165) is 0 Å². The van der Waals surface area contributed by atoms with Gasteiger partial charge in [-0.3, -0.25) is 10.1 Å². The topological polar surface area (TPSA) is 71.3 Å². The fourth-order valence-electron chi connectivity index (χ4n) is 0.899. The van der Waals surface area contributed by atoms with E-state index in [1.165, 1.54) is 6.07 Å². The molecule has 6 heteroatoms. The normalized spacial score (nSPS) is 8.23. The minimum Gasteiger partial charge on any atom is -1.00 e. The second-order valence-corrected chi connectivity index (χ2v) is 2.19. The fourth-order valence-corrected chi connectivity index (χ4v) is 0.899. The third kappa shape index (κ3) is 2.69. The van der Waals surface area contributed by atoms with E-state index in [4.69, 9.17) is 5.39 Å². The zero-order valence-electron chi connectivity index (χ0n) is 6.55. The molecule has 0 radical (unpaired) electrons. The Morgan fingerprint density at radius 1 is 1.46 bits per heavy atom. The van der Waals surface area contributed by atoms with E-state index in [9.17, 15) is 10.1 Å². The number of hydrogen-bond donors (Lipinski definition) is 0. The lowest BCUT2D eigenvalue weighted by Gasteiger charge is -1.91. The SMILES string of the molecule is N#[N+]Cc1ccccc1[N+](=O)[O-].[Cl-]. The highest BCUT2D eigenvalue weighted by Crippen LogP contribution is 2.17. The van der Waals surface area contributed by atoms with Crippen molar-refractivity contribution in [1.29, 1.82) is 5.39 Å². The summed E-state index contributed by atoms with van der Waals surface area (Å²) in [6, 6.07) is 6.16. The van der Waals surface area contributed by atoms with Crippen molar-refractivity contribution in [3.8, 4) is 0 Å². The highest BCUT2D eigenvalue weighted by molar-refractivity contribution is 5.40. The minimum atomic E-state index is -0.499. The molecule has 0 fully saturated rings. The second-order valence-electron chi connectivity index (χ2n) is 2.19. The monoisotopic (exact) mass is 199 g/mol. The van der Waals surface area contributed by atoms with E-state index >= 15 is 0 Å². The zero-order chi connectivity index (χ0) is 8.97. The molecule has 1 rings (SSSR count). The van der Waals surface area contributed by atoms with Gasteiger partial charge in [0.1, 0.15) is 10.5 Å². The number of hydrogen-bond acceptors (Lipinski definition) is 3. The van der Waals surface area contributed by atoms with Crippen LogP contribution in [0.5, 0.6) is 0 Å². The molecule has 0 N–H and O–H groups in total. The lowest BCUT2D eigenvalue weighted by atomic mass is 10.2. The molecule has 1 aromatic rings. The van der Waals surface area contributed by atoms with Crippen LogP contribution in [0.4, 0.5) is 5.69 Å². The van der Waals surface area contributed by atoms with E-state index in [0.29, 0.717) is 5.56 Å². The van der Waals surface area contributed by atoms with Gasteiger partial charge in [0, 0.05) is 6.07 Å². The molecule has 0 aliphatic heterocycles. The van der Waals surface area contributed by atoms with Gasteiger partial charge in [0.05, 0.1) is 4.92 Å². The van der Waals surface area contributed by atoms with E-state index in [-0.39, 0.29) is 24.6 Å². The van der Waals surface area contributed by atoms with Gasteiger partial charge in [0.25, 0.3) is 5.69 Å². The lowest BCUT2D eigenvalue weighted by molar-refractivity contribution is -0.385. The Labute approximate surface area is 80.6 Å². The van der Waals surface area contributed by atoms with Gasteiger partial charge >= 0.3 is 6.54 Å². The van der Waals surface area contributed by atoms with Gasteiger partial charge in [0.2, 0.25) is 5.39 Å². The molecule has 0 unspecified atom stereocenters. The van der Waals surface area contributed by atoms with Crippen molar-refractivity contribution in [2.45, 2.75) is 6.54 Å². The summed E-state index contributed by atoms with van der Waals surface area (Å²) in [4.78, 5) is 12.7. The zero-order valence-corrected chi connectivity index (χ0v) is 7.31. The Bertz CT molecular complexity index is 348. The van der Waals surface area contributed by atoms with Crippen LogP contribution >= 0.6 is 0 Å². The van der Waals surface area contributed by atoms with Gasteiger partial charge in [-0.25, -0.2) is 0 Å². The third-order valence-electron chi connectivity index (χ3n) is 1.43. The maximum Gasteiger partial charge on any atom is 0.337 e. The number of nitrogens with zero attached hydrogens (tertiary/aromatic N) is 3. The maximum atomic E-state index is 10.4. The Morgan fingerprint density at radius 2 is 2.08 bits per heavy atom. The van der Waals surface area contributed by atoms with Gasteiger partial charge in [-0.05, 0) is 6.07 Å². The summed E-state index contributed by atoms with van der Waals surface area (Å²) in [5, 5.41) is 18.6. The number of rotatable bonds is 2. The Hall–Kier alpha value is -1.67. The molecule has 0 amide bonds. The molecule has 0 atom stereocenters. The summed E-state index contributed by atoms with van der Waals surface area (Å²) in [5.74, 6) is 0. The Kier molecular flexibility index (Phi) is 4.41. The highest BCUT2D eigenvalue weighted by Gasteiger charge is 2.15. The van der Waals surface area contributed by atoms with Crippen molar-refractivity contribution in [3.05, 3.63) is 44.9 Å². The largest absolute Gasteiger partial charge is 1.00 e. The van der Waals surface area contributed by atoms with E-state index in [1.807, 2.05) is 0 Å². The quantitative estimate of drug-likeness (QED) is 0.347. The number of para-hydroxylation sites is 1. The van der Waals surface area contributed by atoms with Crippen LogP contribution in [0.25, 0.3) is 4.98 Å². The fraction of sp³-hybridized carbons (Fsp3) is 0.143. The Morgan fingerprint density at radius 3 is 2.62 bits per heavy atom. The van der Waals surface area contributed by atoms with Crippen LogP contribution in [0.1, 0.15) is 5.56 Å². The molecule has 0 heterocycles. The van der Waals surface area contributed by atoms with Gasteiger partial charge in [-0.15, -0.1) is 0 Å². The van der Waals surface area contributed by atoms with Crippen molar-refractivity contribution in [1.82, 2.24) is 0 Å². The molecule has 0 bridgehead atoms. The molecule has 13 heavy (non-hydrogen) atoms. The van der Waals surface area contributed by atoms with E-state index in [2.05, 4.69) is 4.98 Å². The first-order valence-corrected chi connectivity index (χ1v) is 3.29. The molecular formula is C7H6ClN3O2. The van der Waals surface area contributed by atoms with Gasteiger partial charge < -0.3 is 12.4 Å². The minimum absolute atomic E-state index is 0. The summed E-state index contributed by atoms with van der Waals surface area (Å²) in [6.07, 6.45) is 0. The number of diazo groups is 1. The summed E-state index contributed by atoms with van der Waals surface area (Å²) in [5.41, 5.74) is 0.389. The molecule has 1 aromatic carbocycles. The van der Waals surface area contributed by atoms with Crippen LogP contribution in [0.2, 0.25) is 0 Å². The van der Waals surface area contributed by atoms with Crippen molar-refractivity contribution in [2.24, 2.45) is 0 Å². The van der Waals surface area contributed by atoms with Crippen LogP contribution in [-0.2, 0) is 6.54 Å². The summed E-state index contributed by atoms with van der Waals surface area (Å²) < 4.78 is 0. The summed E-state index contributed by atoms with van der Waals surface area (Å²) in [7, 11) is 0. The highest BCUT2D eigenvalue weighted by atomic mass is 35.5. The first kappa shape index (κ1) is 11.3. The first-order chi connectivity index (χ1) is 5.75. The smallest absolute Gasteiger partial charge is 0.337 e. The predicted octanol–water partition coefficient (Wildman–Crippen LogP) is -1.05. The Balaban J connectivity index is 0.00000144. The van der Waals surface area contributed by atoms with Crippen molar-refractivity contribution in [2.75, 3.05) is 0 Å². The van der Waals surface area contributed by atoms with Gasteiger partial charge in [-0.1, -0.05) is 12.1 Å². The third-order valence-corrected chi connectivity index (χ3v) is 1.43. The molecule has 68 valence electrons. The van der Waals surface area contributed by atoms with Crippen molar-refractivity contribution < 1.29 is 17.3 Å². The van der Waals surface area contributed by atoms with Crippen molar-refractivity contribution >= 4 is 5.69 Å².